The van der Waals surface area contributed by atoms with Crippen molar-refractivity contribution in [2.45, 2.75) is 12.8 Å². The zero-order valence-corrected chi connectivity index (χ0v) is 14.7. The Morgan fingerprint density at radius 1 is 1.32 bits per heavy atom. The van der Waals surface area contributed by atoms with Gasteiger partial charge in [-0.25, -0.2) is 4.98 Å². The minimum Gasteiger partial charge on any atom is -0.435 e. The number of hydrogen-bond donors (Lipinski definition) is 1. The van der Waals surface area contributed by atoms with Crippen molar-refractivity contribution in [3.05, 3.63) is 46.6 Å². The first kappa shape index (κ1) is 17.5. The lowest BCUT2D eigenvalue weighted by Crippen LogP contribution is -2.34. The molecule has 130 valence electrons. The highest BCUT2D eigenvalue weighted by Gasteiger charge is 2.22. The Hall–Kier alpha value is -2.31. The average molecular weight is 380 g/mol. The molecule has 1 aliphatic rings. The smallest absolute Gasteiger partial charge is 0.244 e. The van der Waals surface area contributed by atoms with Crippen molar-refractivity contribution in [2.24, 2.45) is 0 Å². The van der Waals surface area contributed by atoms with Gasteiger partial charge in [0.15, 0.2) is 5.75 Å². The number of nitrogens with zero attached hydrogens (tertiary/aromatic N) is 2. The lowest BCUT2D eigenvalue weighted by atomic mass is 10.3. The number of anilines is 1. The summed E-state index contributed by atoms with van der Waals surface area (Å²) in [6.07, 6.45) is 2.70. The molecule has 1 saturated heterocycles. The summed E-state index contributed by atoms with van der Waals surface area (Å²) in [5, 5.41) is 3.41. The van der Waals surface area contributed by atoms with Crippen molar-refractivity contribution in [1.29, 1.82) is 0 Å². The molecule has 1 aromatic heterocycles. The van der Waals surface area contributed by atoms with Crippen LogP contribution in [0, 0.1) is 0 Å². The minimum absolute atomic E-state index is 0.00293. The number of benzene rings is 1. The van der Waals surface area contributed by atoms with E-state index >= 15 is 0 Å². The fourth-order valence-electron chi connectivity index (χ4n) is 2.47. The first-order valence-electron chi connectivity index (χ1n) is 7.68. The lowest BCUT2D eigenvalue weighted by molar-refractivity contribution is -0.131. The van der Waals surface area contributed by atoms with Crippen LogP contribution in [-0.2, 0) is 9.59 Å². The van der Waals surface area contributed by atoms with Crippen LogP contribution in [0.1, 0.15) is 12.8 Å². The van der Waals surface area contributed by atoms with Gasteiger partial charge in [0.05, 0.1) is 17.3 Å². The van der Waals surface area contributed by atoms with Crippen LogP contribution in [0.3, 0.4) is 0 Å². The second-order valence-corrected chi connectivity index (χ2v) is 6.35. The summed E-state index contributed by atoms with van der Waals surface area (Å²) in [6.45, 7) is 0.627. The second-order valence-electron chi connectivity index (χ2n) is 5.51. The maximum Gasteiger partial charge on any atom is 0.244 e. The Kier molecular flexibility index (Phi) is 5.40. The van der Waals surface area contributed by atoms with E-state index in [1.165, 1.54) is 17.2 Å². The van der Waals surface area contributed by atoms with E-state index in [-0.39, 0.29) is 29.3 Å². The highest BCUT2D eigenvalue weighted by molar-refractivity contribution is 6.35. The third-order valence-electron chi connectivity index (χ3n) is 3.65. The Labute approximate surface area is 154 Å². The van der Waals surface area contributed by atoms with E-state index in [4.69, 9.17) is 27.9 Å². The maximum absolute atomic E-state index is 12.2. The summed E-state index contributed by atoms with van der Waals surface area (Å²) in [6, 6.07) is 8.43. The number of pyridine rings is 1. The molecular formula is C17H15Cl2N3O3. The Balaban J connectivity index is 1.72. The number of ether oxygens (including phenoxy) is 1. The van der Waals surface area contributed by atoms with Gasteiger partial charge in [-0.15, -0.1) is 0 Å². The summed E-state index contributed by atoms with van der Waals surface area (Å²) in [7, 11) is 0. The molecule has 2 heterocycles. The van der Waals surface area contributed by atoms with Crippen molar-refractivity contribution in [1.82, 2.24) is 9.88 Å². The van der Waals surface area contributed by atoms with E-state index < -0.39 is 0 Å². The quantitative estimate of drug-likeness (QED) is 0.858. The molecule has 0 spiro atoms. The van der Waals surface area contributed by atoms with Crippen LogP contribution in [0.4, 0.5) is 5.69 Å². The van der Waals surface area contributed by atoms with Gasteiger partial charge in [-0.2, -0.15) is 0 Å². The number of amides is 2. The number of carbonyl (C=O) groups excluding carboxylic acids is 2. The Morgan fingerprint density at radius 3 is 2.84 bits per heavy atom. The van der Waals surface area contributed by atoms with E-state index in [1.807, 2.05) is 0 Å². The van der Waals surface area contributed by atoms with Gasteiger partial charge in [0.2, 0.25) is 17.7 Å². The molecule has 3 rings (SSSR count). The first-order chi connectivity index (χ1) is 12.0. The van der Waals surface area contributed by atoms with E-state index in [0.717, 1.165) is 6.42 Å². The molecule has 0 unspecified atom stereocenters. The summed E-state index contributed by atoms with van der Waals surface area (Å²) in [4.78, 5) is 29.4. The van der Waals surface area contributed by atoms with E-state index in [9.17, 15) is 9.59 Å². The molecule has 2 amide bonds. The fourth-order valence-corrected chi connectivity index (χ4v) is 2.89. The Bertz CT molecular complexity index is 813. The molecule has 1 N–H and O–H groups in total. The molecule has 1 aromatic carbocycles. The summed E-state index contributed by atoms with van der Waals surface area (Å²) < 4.78 is 5.69. The number of carbonyl (C=O) groups is 2. The molecule has 0 bridgehead atoms. The predicted octanol–water partition coefficient (Wildman–Crippen LogP) is 3.74. The normalized spacial score (nSPS) is 13.8. The van der Waals surface area contributed by atoms with Crippen molar-refractivity contribution in [3.8, 4) is 11.6 Å². The molecule has 2 aromatic rings. The van der Waals surface area contributed by atoms with Crippen LogP contribution in [0.2, 0.25) is 10.0 Å². The number of aromatic nitrogens is 1. The zero-order valence-electron chi connectivity index (χ0n) is 13.2. The average Bonchev–Trinajstić information content (AvgIpc) is 2.96. The molecule has 0 atom stereocenters. The second kappa shape index (κ2) is 7.72. The summed E-state index contributed by atoms with van der Waals surface area (Å²) in [5.41, 5.74) is 0.465. The molecule has 6 nitrogen and oxygen atoms in total. The number of hydrogen-bond acceptors (Lipinski definition) is 4. The molecule has 1 aliphatic heterocycles. The van der Waals surface area contributed by atoms with Gasteiger partial charge in [0, 0.05) is 19.2 Å². The predicted molar refractivity (Wildman–Crippen MR) is 95.2 cm³/mol. The number of para-hydroxylation sites is 2. The lowest BCUT2D eigenvalue weighted by Gasteiger charge is -2.16. The standard InChI is InChI=1S/C17H15Cl2N3O3/c18-11-8-12(19)17(20-9-11)25-14-5-2-1-4-13(14)21-15(23)10-22-7-3-6-16(22)24/h1-2,4-5,8-9H,3,6-7,10H2,(H,21,23). The van der Waals surface area contributed by atoms with E-state index in [0.29, 0.717) is 29.4 Å². The van der Waals surface area contributed by atoms with Crippen molar-refractivity contribution in [2.75, 3.05) is 18.4 Å². The van der Waals surface area contributed by atoms with Crippen LogP contribution in [0.5, 0.6) is 11.6 Å². The van der Waals surface area contributed by atoms with Gasteiger partial charge in [0.1, 0.15) is 5.02 Å². The SMILES string of the molecule is O=C(CN1CCCC1=O)Nc1ccccc1Oc1ncc(Cl)cc1Cl. The Morgan fingerprint density at radius 2 is 2.12 bits per heavy atom. The summed E-state index contributed by atoms with van der Waals surface area (Å²) in [5.74, 6) is 0.279. The monoisotopic (exact) mass is 379 g/mol. The molecular weight excluding hydrogens is 365 g/mol. The van der Waals surface area contributed by atoms with Crippen LogP contribution >= 0.6 is 23.2 Å². The van der Waals surface area contributed by atoms with Crippen LogP contribution in [-0.4, -0.2) is 34.8 Å². The topological polar surface area (TPSA) is 71.5 Å². The van der Waals surface area contributed by atoms with Crippen LogP contribution in [0.25, 0.3) is 0 Å². The number of nitrogens with one attached hydrogen (secondary N) is 1. The fraction of sp³-hybridized carbons (Fsp3) is 0.235. The number of likely N-dealkylation sites (tertiary alicyclic amines) is 1. The highest BCUT2D eigenvalue weighted by atomic mass is 35.5. The first-order valence-corrected chi connectivity index (χ1v) is 8.44. The van der Waals surface area contributed by atoms with Gasteiger partial charge < -0.3 is 15.0 Å². The minimum atomic E-state index is -0.290. The van der Waals surface area contributed by atoms with E-state index in [1.54, 1.807) is 24.3 Å². The molecule has 0 radical (unpaired) electrons. The molecule has 1 fully saturated rings. The van der Waals surface area contributed by atoms with Gasteiger partial charge >= 0.3 is 0 Å². The zero-order chi connectivity index (χ0) is 17.8. The van der Waals surface area contributed by atoms with E-state index in [2.05, 4.69) is 10.3 Å². The van der Waals surface area contributed by atoms with Crippen molar-refractivity contribution in [3.63, 3.8) is 0 Å². The highest BCUT2D eigenvalue weighted by Crippen LogP contribution is 2.33. The molecule has 0 aliphatic carbocycles. The molecule has 25 heavy (non-hydrogen) atoms. The third-order valence-corrected chi connectivity index (χ3v) is 4.13. The maximum atomic E-state index is 12.2. The number of halogens is 2. The van der Waals surface area contributed by atoms with Crippen molar-refractivity contribution >= 4 is 40.7 Å². The summed E-state index contributed by atoms with van der Waals surface area (Å²) >= 11 is 11.9. The van der Waals surface area contributed by atoms with Gasteiger partial charge in [0.25, 0.3) is 0 Å². The van der Waals surface area contributed by atoms with Gasteiger partial charge in [-0.3, -0.25) is 9.59 Å². The van der Waals surface area contributed by atoms with Gasteiger partial charge in [-0.1, -0.05) is 35.3 Å². The van der Waals surface area contributed by atoms with Gasteiger partial charge in [-0.05, 0) is 24.6 Å². The largest absolute Gasteiger partial charge is 0.435 e. The van der Waals surface area contributed by atoms with Crippen LogP contribution in [0.15, 0.2) is 36.5 Å². The van der Waals surface area contributed by atoms with Crippen molar-refractivity contribution < 1.29 is 14.3 Å². The molecule has 0 saturated carbocycles. The third kappa shape index (κ3) is 4.41. The van der Waals surface area contributed by atoms with Crippen LogP contribution < -0.4 is 10.1 Å². The number of rotatable bonds is 5. The molecule has 8 heteroatoms.